The van der Waals surface area contributed by atoms with Crippen molar-refractivity contribution in [2.24, 2.45) is 11.7 Å². The number of benzene rings is 1. The molecule has 0 spiro atoms. The molecule has 0 aromatic heterocycles. The van der Waals surface area contributed by atoms with Crippen molar-refractivity contribution < 1.29 is 20.1 Å². The smallest absolute Gasteiger partial charge is 0.220 e. The second-order valence-electron chi connectivity index (χ2n) is 5.27. The van der Waals surface area contributed by atoms with Crippen LogP contribution in [0.1, 0.15) is 31.2 Å². The summed E-state index contributed by atoms with van der Waals surface area (Å²) in [5, 5.41) is 31.7. The fourth-order valence-electron chi connectivity index (χ4n) is 2.59. The highest BCUT2D eigenvalue weighted by Gasteiger charge is 2.24. The number of rotatable bonds is 4. The summed E-state index contributed by atoms with van der Waals surface area (Å²) in [4.78, 5) is 11.1. The first-order valence-corrected chi connectivity index (χ1v) is 6.74. The fourth-order valence-corrected chi connectivity index (χ4v) is 2.59. The van der Waals surface area contributed by atoms with Crippen LogP contribution >= 0.6 is 0 Å². The summed E-state index contributed by atoms with van der Waals surface area (Å²) in [5.74, 6) is -1.40. The zero-order valence-corrected chi connectivity index (χ0v) is 11.2. The van der Waals surface area contributed by atoms with E-state index in [1.807, 2.05) is 0 Å². The molecule has 0 bridgehead atoms. The van der Waals surface area contributed by atoms with Gasteiger partial charge in [-0.15, -0.1) is 0 Å². The third-order valence-corrected chi connectivity index (χ3v) is 3.92. The molecule has 1 aromatic carbocycles. The Bertz CT molecular complexity index is 496. The first-order valence-electron chi connectivity index (χ1n) is 6.74. The van der Waals surface area contributed by atoms with Gasteiger partial charge in [0.15, 0.2) is 11.5 Å². The molecule has 6 heteroatoms. The lowest BCUT2D eigenvalue weighted by atomic mass is 9.85. The van der Waals surface area contributed by atoms with Gasteiger partial charge in [-0.25, -0.2) is 0 Å². The van der Waals surface area contributed by atoms with Crippen LogP contribution in [0.5, 0.6) is 17.2 Å². The van der Waals surface area contributed by atoms with E-state index in [0.29, 0.717) is 12.1 Å². The minimum atomic E-state index is -0.498. The zero-order valence-electron chi connectivity index (χ0n) is 11.2. The van der Waals surface area contributed by atoms with Crippen LogP contribution in [0.3, 0.4) is 0 Å². The van der Waals surface area contributed by atoms with Gasteiger partial charge >= 0.3 is 0 Å². The molecule has 0 aliphatic heterocycles. The van der Waals surface area contributed by atoms with Crippen LogP contribution in [-0.2, 0) is 11.3 Å². The summed E-state index contributed by atoms with van der Waals surface area (Å²) in [7, 11) is 0. The summed E-state index contributed by atoms with van der Waals surface area (Å²) in [6.07, 6.45) is 3.27. The standard InChI is InChI=1S/C14H20N2O4/c15-14(20)8-1-4-10(5-2-8)16-7-9-3-6-11(17)13(19)12(9)18/h3,6,8,10,16-19H,1-2,4-5,7H2,(H2,15,20). The topological polar surface area (TPSA) is 116 Å². The van der Waals surface area contributed by atoms with Crippen LogP contribution in [-0.4, -0.2) is 27.3 Å². The molecular weight excluding hydrogens is 260 g/mol. The molecule has 1 fully saturated rings. The summed E-state index contributed by atoms with van der Waals surface area (Å²) in [5.41, 5.74) is 5.81. The highest BCUT2D eigenvalue weighted by atomic mass is 16.3. The molecule has 1 amide bonds. The average Bonchev–Trinajstić information content (AvgIpc) is 2.44. The van der Waals surface area contributed by atoms with Gasteiger partial charge in [-0.1, -0.05) is 6.07 Å². The van der Waals surface area contributed by atoms with E-state index in [0.717, 1.165) is 25.7 Å². The van der Waals surface area contributed by atoms with Gasteiger partial charge in [-0.3, -0.25) is 4.79 Å². The Hall–Kier alpha value is -1.95. The largest absolute Gasteiger partial charge is 0.504 e. The van der Waals surface area contributed by atoms with E-state index in [1.54, 1.807) is 6.07 Å². The quantitative estimate of drug-likeness (QED) is 0.526. The second-order valence-corrected chi connectivity index (χ2v) is 5.27. The first-order chi connectivity index (χ1) is 9.49. The Balaban J connectivity index is 1.88. The maximum Gasteiger partial charge on any atom is 0.220 e. The molecule has 20 heavy (non-hydrogen) atoms. The normalized spacial score (nSPS) is 22.6. The van der Waals surface area contributed by atoms with Crippen LogP contribution in [0.2, 0.25) is 0 Å². The number of hydrogen-bond acceptors (Lipinski definition) is 5. The predicted octanol–water partition coefficient (Wildman–Crippen LogP) is 0.937. The maximum absolute atomic E-state index is 11.1. The van der Waals surface area contributed by atoms with Crippen molar-refractivity contribution in [3.05, 3.63) is 17.7 Å². The summed E-state index contributed by atoms with van der Waals surface area (Å²) in [6, 6.07) is 3.17. The summed E-state index contributed by atoms with van der Waals surface area (Å²) >= 11 is 0. The molecule has 1 aliphatic rings. The van der Waals surface area contributed by atoms with Crippen LogP contribution in [0.25, 0.3) is 0 Å². The van der Waals surface area contributed by atoms with Crippen molar-refractivity contribution in [1.82, 2.24) is 5.32 Å². The third kappa shape index (κ3) is 3.14. The number of nitrogens with one attached hydrogen (secondary N) is 1. The van der Waals surface area contributed by atoms with Crippen LogP contribution < -0.4 is 11.1 Å². The molecular formula is C14H20N2O4. The Labute approximate surface area is 117 Å². The number of aromatic hydroxyl groups is 3. The molecule has 6 nitrogen and oxygen atoms in total. The number of phenols is 3. The van der Waals surface area contributed by atoms with E-state index in [1.165, 1.54) is 6.07 Å². The van der Waals surface area contributed by atoms with Gasteiger partial charge in [-0.2, -0.15) is 0 Å². The van der Waals surface area contributed by atoms with Gasteiger partial charge in [0, 0.05) is 24.1 Å². The third-order valence-electron chi connectivity index (χ3n) is 3.92. The van der Waals surface area contributed by atoms with Crippen LogP contribution in [0, 0.1) is 5.92 Å². The second kappa shape index (κ2) is 6.00. The minimum absolute atomic E-state index is 0.0285. The number of carbonyl (C=O) groups is 1. The van der Waals surface area contributed by atoms with Crippen LogP contribution in [0.15, 0.2) is 12.1 Å². The van der Waals surface area contributed by atoms with Gasteiger partial charge in [0.2, 0.25) is 11.7 Å². The predicted molar refractivity (Wildman–Crippen MR) is 73.2 cm³/mol. The molecule has 110 valence electrons. The van der Waals surface area contributed by atoms with Crippen molar-refractivity contribution in [1.29, 1.82) is 0 Å². The van der Waals surface area contributed by atoms with E-state index >= 15 is 0 Å². The number of primary amides is 1. The molecule has 0 atom stereocenters. The Morgan fingerprint density at radius 1 is 1.15 bits per heavy atom. The monoisotopic (exact) mass is 280 g/mol. The van der Waals surface area contributed by atoms with Gasteiger partial charge in [0.25, 0.3) is 0 Å². The number of nitrogens with two attached hydrogens (primary N) is 1. The van der Waals surface area contributed by atoms with Crippen LogP contribution in [0.4, 0.5) is 0 Å². The van der Waals surface area contributed by atoms with Gasteiger partial charge < -0.3 is 26.4 Å². The van der Waals surface area contributed by atoms with Gasteiger partial charge in [0.05, 0.1) is 0 Å². The summed E-state index contributed by atoms with van der Waals surface area (Å²) in [6.45, 7) is 0.394. The van der Waals surface area contributed by atoms with E-state index < -0.39 is 5.75 Å². The van der Waals surface area contributed by atoms with Crippen molar-refractivity contribution in [3.8, 4) is 17.2 Å². The molecule has 2 rings (SSSR count). The SMILES string of the molecule is NC(=O)C1CCC(NCc2ccc(O)c(O)c2O)CC1. The Morgan fingerprint density at radius 3 is 2.40 bits per heavy atom. The first kappa shape index (κ1) is 14.5. The van der Waals surface area contributed by atoms with Crippen molar-refractivity contribution >= 4 is 5.91 Å². The fraction of sp³-hybridized carbons (Fsp3) is 0.500. The Kier molecular flexibility index (Phi) is 4.34. The van der Waals surface area contributed by atoms with E-state index in [2.05, 4.69) is 5.32 Å². The lowest BCUT2D eigenvalue weighted by molar-refractivity contribution is -0.122. The highest BCUT2D eigenvalue weighted by Crippen LogP contribution is 2.37. The summed E-state index contributed by atoms with van der Waals surface area (Å²) < 4.78 is 0. The molecule has 0 heterocycles. The Morgan fingerprint density at radius 2 is 1.80 bits per heavy atom. The zero-order chi connectivity index (χ0) is 14.7. The number of hydrogen-bond donors (Lipinski definition) is 5. The molecule has 0 radical (unpaired) electrons. The average molecular weight is 280 g/mol. The van der Waals surface area contributed by atoms with Crippen molar-refractivity contribution in [2.45, 2.75) is 38.3 Å². The van der Waals surface area contributed by atoms with Gasteiger partial charge in [0.1, 0.15) is 0 Å². The molecule has 0 unspecified atom stereocenters. The van der Waals surface area contributed by atoms with E-state index in [4.69, 9.17) is 5.73 Å². The van der Waals surface area contributed by atoms with Crippen molar-refractivity contribution in [2.75, 3.05) is 0 Å². The number of phenolic OH excluding ortho intramolecular Hbond substituents is 3. The molecule has 0 saturated heterocycles. The number of amides is 1. The molecule has 6 N–H and O–H groups in total. The van der Waals surface area contributed by atoms with Gasteiger partial charge in [-0.05, 0) is 31.7 Å². The maximum atomic E-state index is 11.1. The lowest BCUT2D eigenvalue weighted by Gasteiger charge is -2.27. The molecule has 1 saturated carbocycles. The lowest BCUT2D eigenvalue weighted by Crippen LogP contribution is -2.36. The van der Waals surface area contributed by atoms with Crippen molar-refractivity contribution in [3.63, 3.8) is 0 Å². The highest BCUT2D eigenvalue weighted by molar-refractivity contribution is 5.76. The minimum Gasteiger partial charge on any atom is -0.504 e. The number of carbonyl (C=O) groups excluding carboxylic acids is 1. The van der Waals surface area contributed by atoms with E-state index in [9.17, 15) is 20.1 Å². The van der Waals surface area contributed by atoms with E-state index in [-0.39, 0.29) is 29.4 Å². The molecule has 1 aliphatic carbocycles. The molecule has 1 aromatic rings.